The van der Waals surface area contributed by atoms with Gasteiger partial charge in [0.25, 0.3) is 0 Å². The van der Waals surface area contributed by atoms with E-state index in [0.29, 0.717) is 5.76 Å². The van der Waals surface area contributed by atoms with Crippen molar-refractivity contribution in [3.63, 3.8) is 0 Å². The Morgan fingerprint density at radius 3 is 2.80 bits per heavy atom. The van der Waals surface area contributed by atoms with Gasteiger partial charge >= 0.3 is 6.09 Å². The molecule has 0 spiro atoms. The molecule has 0 aromatic heterocycles. The summed E-state index contributed by atoms with van der Waals surface area (Å²) in [5.74, 6) is 0.710. The second-order valence-corrected chi connectivity index (χ2v) is 4.83. The van der Waals surface area contributed by atoms with E-state index >= 15 is 0 Å². The van der Waals surface area contributed by atoms with E-state index in [2.05, 4.69) is 22.7 Å². The smallest absolute Gasteiger partial charge is 0.412 e. The molecule has 5 nitrogen and oxygen atoms in total. The molecule has 0 atom stereocenters. The van der Waals surface area contributed by atoms with Crippen LogP contribution in [0.4, 0.5) is 10.5 Å². The van der Waals surface area contributed by atoms with Crippen molar-refractivity contribution >= 4 is 11.8 Å². The second kappa shape index (κ2) is 6.84. The molecule has 0 bridgehead atoms. The summed E-state index contributed by atoms with van der Waals surface area (Å²) in [7, 11) is 0. The Morgan fingerprint density at radius 2 is 2.10 bits per heavy atom. The van der Waals surface area contributed by atoms with Crippen molar-refractivity contribution in [1.82, 2.24) is 10.3 Å². The molecule has 1 heterocycles. The first-order valence-corrected chi connectivity index (χ1v) is 6.92. The van der Waals surface area contributed by atoms with Gasteiger partial charge in [0.2, 0.25) is 0 Å². The van der Waals surface area contributed by atoms with Gasteiger partial charge in [0.1, 0.15) is 5.76 Å². The molecule has 0 saturated heterocycles. The number of hydrogen-bond donors (Lipinski definition) is 2. The van der Waals surface area contributed by atoms with Crippen LogP contribution in [0.1, 0.15) is 25.3 Å². The number of rotatable bonds is 4. The average molecular weight is 275 g/mol. The zero-order valence-corrected chi connectivity index (χ0v) is 12.0. The van der Waals surface area contributed by atoms with Gasteiger partial charge in [0.05, 0.1) is 5.69 Å². The number of carbonyl (C=O) groups is 1. The largest absolute Gasteiger partial charge is 0.431 e. The fourth-order valence-electron chi connectivity index (χ4n) is 2.02. The summed E-state index contributed by atoms with van der Waals surface area (Å²) in [6.45, 7) is 6.04. The number of hydrazine groups is 1. The van der Waals surface area contributed by atoms with Crippen LogP contribution in [0.5, 0.6) is 0 Å². The van der Waals surface area contributed by atoms with Crippen LogP contribution in [0.25, 0.3) is 0 Å². The second-order valence-electron chi connectivity index (χ2n) is 4.83. The van der Waals surface area contributed by atoms with E-state index in [9.17, 15) is 4.79 Å². The van der Waals surface area contributed by atoms with Crippen molar-refractivity contribution in [2.75, 3.05) is 18.5 Å². The van der Waals surface area contributed by atoms with Gasteiger partial charge in [0, 0.05) is 25.7 Å². The van der Waals surface area contributed by atoms with Crippen LogP contribution in [0.2, 0.25) is 0 Å². The van der Waals surface area contributed by atoms with E-state index in [1.807, 2.05) is 37.4 Å². The number of anilines is 1. The zero-order valence-electron chi connectivity index (χ0n) is 12.0. The van der Waals surface area contributed by atoms with Crippen LogP contribution in [0.3, 0.4) is 0 Å². The van der Waals surface area contributed by atoms with Crippen LogP contribution in [0.15, 0.2) is 36.2 Å². The van der Waals surface area contributed by atoms with Gasteiger partial charge in [-0.05, 0) is 32.4 Å². The van der Waals surface area contributed by atoms with E-state index in [1.165, 1.54) is 5.56 Å². The minimum atomic E-state index is -0.491. The molecular weight excluding hydrogens is 254 g/mol. The number of ether oxygens (including phenoxy) is 1. The van der Waals surface area contributed by atoms with Gasteiger partial charge in [-0.3, -0.25) is 5.43 Å². The van der Waals surface area contributed by atoms with Gasteiger partial charge in [-0.25, -0.2) is 10.2 Å². The van der Waals surface area contributed by atoms with Crippen molar-refractivity contribution in [2.45, 2.75) is 26.7 Å². The number of allylic oxidation sites excluding steroid dienone is 1. The summed E-state index contributed by atoms with van der Waals surface area (Å²) in [6.07, 6.45) is 3.23. The van der Waals surface area contributed by atoms with Crippen molar-refractivity contribution in [3.05, 3.63) is 41.8 Å². The van der Waals surface area contributed by atoms with Crippen molar-refractivity contribution < 1.29 is 9.53 Å². The Balaban J connectivity index is 1.80. The quantitative estimate of drug-likeness (QED) is 0.829. The molecule has 1 aromatic carbocycles. The third-order valence-corrected chi connectivity index (χ3v) is 3.19. The van der Waals surface area contributed by atoms with E-state index in [0.717, 1.165) is 31.6 Å². The lowest BCUT2D eigenvalue weighted by atomic mass is 10.2. The highest BCUT2D eigenvalue weighted by Gasteiger charge is 2.13. The zero-order chi connectivity index (χ0) is 14.4. The van der Waals surface area contributed by atoms with Gasteiger partial charge in [0.15, 0.2) is 0 Å². The Labute approximate surface area is 119 Å². The Morgan fingerprint density at radius 1 is 1.35 bits per heavy atom. The number of amides is 1. The average Bonchev–Trinajstić information content (AvgIpc) is 2.47. The highest BCUT2D eigenvalue weighted by molar-refractivity contribution is 5.70. The predicted molar refractivity (Wildman–Crippen MR) is 79.0 cm³/mol. The van der Waals surface area contributed by atoms with E-state index in [1.54, 1.807) is 0 Å². The highest BCUT2D eigenvalue weighted by Crippen LogP contribution is 2.15. The third-order valence-electron chi connectivity index (χ3n) is 3.19. The number of carbonyl (C=O) groups excluding carboxylic acids is 1. The molecule has 2 N–H and O–H groups in total. The maximum absolute atomic E-state index is 11.7. The van der Waals surface area contributed by atoms with Crippen LogP contribution in [-0.2, 0) is 4.74 Å². The maximum atomic E-state index is 11.7. The molecule has 2 rings (SSSR count). The minimum absolute atomic E-state index is 0.491. The lowest BCUT2D eigenvalue weighted by Gasteiger charge is -2.24. The summed E-state index contributed by atoms with van der Waals surface area (Å²) < 4.78 is 5.28. The Hall–Kier alpha value is -2.17. The summed E-state index contributed by atoms with van der Waals surface area (Å²) >= 11 is 0. The molecule has 0 aliphatic carbocycles. The van der Waals surface area contributed by atoms with Crippen molar-refractivity contribution in [3.8, 4) is 0 Å². The predicted octanol–water partition coefficient (Wildman–Crippen LogP) is 3.01. The molecule has 1 aliphatic heterocycles. The first-order chi connectivity index (χ1) is 9.67. The van der Waals surface area contributed by atoms with Gasteiger partial charge in [-0.15, -0.1) is 0 Å². The van der Waals surface area contributed by atoms with Gasteiger partial charge < -0.3 is 9.64 Å². The SMILES string of the molecule is CCN1C=C(OC(=O)NNc2ccc(C)cc2)CCC1. The first-order valence-electron chi connectivity index (χ1n) is 6.92. The standard InChI is InChI=1S/C15H21N3O2/c1-3-18-10-4-5-14(11-18)20-15(19)17-16-13-8-6-12(2)7-9-13/h6-9,11,16H,3-5,10H2,1-2H3,(H,17,19). The summed E-state index contributed by atoms with van der Waals surface area (Å²) in [5, 5.41) is 0. The minimum Gasteiger partial charge on any atom is -0.412 e. The molecular formula is C15H21N3O2. The fraction of sp³-hybridized carbons (Fsp3) is 0.400. The molecule has 108 valence electrons. The molecule has 0 fully saturated rings. The molecule has 0 saturated carbocycles. The number of aryl methyl sites for hydroxylation is 1. The summed E-state index contributed by atoms with van der Waals surface area (Å²) in [6, 6.07) is 7.74. The van der Waals surface area contributed by atoms with Crippen molar-refractivity contribution in [1.29, 1.82) is 0 Å². The highest BCUT2D eigenvalue weighted by atomic mass is 16.6. The maximum Gasteiger partial charge on any atom is 0.431 e. The fourth-order valence-corrected chi connectivity index (χ4v) is 2.02. The van der Waals surface area contributed by atoms with E-state index in [-0.39, 0.29) is 0 Å². The molecule has 20 heavy (non-hydrogen) atoms. The normalized spacial score (nSPS) is 14.5. The number of hydrogen-bond acceptors (Lipinski definition) is 4. The van der Waals surface area contributed by atoms with Gasteiger partial charge in [-0.2, -0.15) is 0 Å². The van der Waals surface area contributed by atoms with Gasteiger partial charge in [-0.1, -0.05) is 17.7 Å². The molecule has 0 radical (unpaired) electrons. The molecule has 0 unspecified atom stereocenters. The van der Waals surface area contributed by atoms with Crippen LogP contribution < -0.4 is 10.9 Å². The number of nitrogens with one attached hydrogen (secondary N) is 2. The Bertz CT molecular complexity index is 482. The number of nitrogens with zero attached hydrogens (tertiary/aromatic N) is 1. The topological polar surface area (TPSA) is 53.6 Å². The number of benzene rings is 1. The first kappa shape index (κ1) is 14.2. The van der Waals surface area contributed by atoms with Crippen molar-refractivity contribution in [2.24, 2.45) is 0 Å². The van der Waals surface area contributed by atoms with E-state index in [4.69, 9.17) is 4.74 Å². The molecule has 1 aliphatic rings. The molecule has 1 amide bonds. The monoisotopic (exact) mass is 275 g/mol. The van der Waals surface area contributed by atoms with Crippen LogP contribution in [0, 0.1) is 6.92 Å². The van der Waals surface area contributed by atoms with E-state index < -0.39 is 6.09 Å². The summed E-state index contributed by atoms with van der Waals surface area (Å²) in [5.41, 5.74) is 7.34. The third kappa shape index (κ3) is 4.19. The summed E-state index contributed by atoms with van der Waals surface area (Å²) in [4.78, 5) is 13.8. The van der Waals surface area contributed by atoms with Crippen LogP contribution in [-0.4, -0.2) is 24.1 Å². The lowest BCUT2D eigenvalue weighted by Crippen LogP contribution is -2.31. The molecule has 1 aromatic rings. The van der Waals surface area contributed by atoms with Crippen LogP contribution >= 0.6 is 0 Å². The lowest BCUT2D eigenvalue weighted by molar-refractivity contribution is 0.167. The Kier molecular flexibility index (Phi) is 4.87. The molecule has 5 heteroatoms.